The molecule has 1 aromatic heterocycles. The second kappa shape index (κ2) is 7.34. The summed E-state index contributed by atoms with van der Waals surface area (Å²) >= 11 is 1.65. The van der Waals surface area contributed by atoms with Gasteiger partial charge in [-0.1, -0.05) is 13.8 Å². The molecule has 0 aromatic carbocycles. The zero-order valence-corrected chi connectivity index (χ0v) is 12.0. The summed E-state index contributed by atoms with van der Waals surface area (Å²) in [6.45, 7) is 6.15. The normalized spacial score (nSPS) is 13.2. The summed E-state index contributed by atoms with van der Waals surface area (Å²) in [4.78, 5) is 14.0. The maximum atomic E-state index is 11.7. The van der Waals surface area contributed by atoms with Gasteiger partial charge in [0.25, 0.3) is 0 Å². The second-order valence-corrected chi connectivity index (χ2v) is 6.12. The fraction of sp³-hybridized carbons (Fsp3) is 0.500. The van der Waals surface area contributed by atoms with Crippen LogP contribution in [0.5, 0.6) is 0 Å². The van der Waals surface area contributed by atoms with Crippen molar-refractivity contribution in [2.75, 3.05) is 6.61 Å². The van der Waals surface area contributed by atoms with Crippen LogP contribution >= 0.6 is 11.3 Å². The van der Waals surface area contributed by atoms with Crippen molar-refractivity contribution < 1.29 is 9.90 Å². The van der Waals surface area contributed by atoms with Crippen LogP contribution in [0.1, 0.15) is 30.0 Å². The molecule has 1 rings (SSSR count). The van der Waals surface area contributed by atoms with Crippen molar-refractivity contribution in [2.45, 2.75) is 33.2 Å². The smallest absolute Gasteiger partial charge is 0.244 e. The number of carbonyl (C=O) groups excluding carboxylic acids is 1. The van der Waals surface area contributed by atoms with Crippen LogP contribution in [0.2, 0.25) is 0 Å². The van der Waals surface area contributed by atoms with Gasteiger partial charge < -0.3 is 10.4 Å². The molecule has 18 heavy (non-hydrogen) atoms. The van der Waals surface area contributed by atoms with E-state index in [1.165, 1.54) is 11.0 Å². The number of aliphatic hydroxyl groups excluding tert-OH is 1. The monoisotopic (exact) mass is 267 g/mol. The molecule has 0 saturated carbocycles. The minimum absolute atomic E-state index is 0.0180. The Labute approximate surface area is 113 Å². The second-order valence-electron chi connectivity index (χ2n) is 4.80. The zero-order chi connectivity index (χ0) is 13.5. The topological polar surface area (TPSA) is 49.3 Å². The first-order valence-corrected chi connectivity index (χ1v) is 6.98. The summed E-state index contributed by atoms with van der Waals surface area (Å²) in [7, 11) is 0. The van der Waals surface area contributed by atoms with Crippen LogP contribution in [-0.2, 0) is 4.79 Å². The maximum Gasteiger partial charge on any atom is 0.244 e. The molecule has 0 aliphatic carbocycles. The lowest BCUT2D eigenvalue weighted by Gasteiger charge is -2.16. The summed E-state index contributed by atoms with van der Waals surface area (Å²) in [5, 5.41) is 12.0. The van der Waals surface area contributed by atoms with E-state index in [2.05, 4.69) is 19.2 Å². The van der Waals surface area contributed by atoms with Crippen molar-refractivity contribution in [3.8, 4) is 0 Å². The van der Waals surface area contributed by atoms with Crippen molar-refractivity contribution in [1.82, 2.24) is 5.32 Å². The van der Waals surface area contributed by atoms with E-state index in [9.17, 15) is 9.90 Å². The van der Waals surface area contributed by atoms with E-state index in [4.69, 9.17) is 0 Å². The van der Waals surface area contributed by atoms with Crippen LogP contribution in [0.3, 0.4) is 0 Å². The molecule has 1 amide bonds. The largest absolute Gasteiger partial charge is 0.394 e. The van der Waals surface area contributed by atoms with Gasteiger partial charge in [-0.3, -0.25) is 4.79 Å². The molecule has 0 bridgehead atoms. The minimum atomic E-state index is -0.160. The lowest BCUT2D eigenvalue weighted by Crippen LogP contribution is -2.37. The Morgan fingerprint density at radius 2 is 2.22 bits per heavy atom. The highest BCUT2D eigenvalue weighted by Gasteiger charge is 2.11. The number of thiophene rings is 1. The molecule has 0 saturated heterocycles. The average Bonchev–Trinajstić information content (AvgIpc) is 2.71. The third-order valence-corrected chi connectivity index (χ3v) is 3.45. The summed E-state index contributed by atoms with van der Waals surface area (Å²) in [6.07, 6.45) is 4.11. The van der Waals surface area contributed by atoms with E-state index in [0.29, 0.717) is 5.92 Å². The van der Waals surface area contributed by atoms with E-state index >= 15 is 0 Å². The number of hydrogen-bond donors (Lipinski definition) is 2. The van der Waals surface area contributed by atoms with Crippen LogP contribution in [0.25, 0.3) is 6.08 Å². The maximum absolute atomic E-state index is 11.7. The molecule has 3 nitrogen and oxygen atoms in total. The number of hydrogen-bond acceptors (Lipinski definition) is 3. The number of rotatable bonds is 6. The molecule has 2 N–H and O–H groups in total. The van der Waals surface area contributed by atoms with Gasteiger partial charge >= 0.3 is 0 Å². The third kappa shape index (κ3) is 5.47. The van der Waals surface area contributed by atoms with E-state index in [1.54, 1.807) is 17.4 Å². The molecule has 1 heterocycles. The van der Waals surface area contributed by atoms with Gasteiger partial charge in [-0.2, -0.15) is 0 Å². The Balaban J connectivity index is 2.47. The van der Waals surface area contributed by atoms with Gasteiger partial charge in [0.2, 0.25) is 5.91 Å². The summed E-state index contributed by atoms with van der Waals surface area (Å²) in [5.74, 6) is 0.298. The molecule has 100 valence electrons. The molecule has 1 unspecified atom stereocenters. The Morgan fingerprint density at radius 1 is 1.50 bits per heavy atom. The molecule has 0 spiro atoms. The van der Waals surface area contributed by atoms with E-state index in [1.807, 2.05) is 19.1 Å². The predicted molar refractivity (Wildman–Crippen MR) is 76.6 cm³/mol. The molecule has 1 atom stereocenters. The Hall–Kier alpha value is -1.13. The molecule has 0 fully saturated rings. The number of aliphatic hydroxyl groups is 1. The molecular formula is C14H21NO2S. The van der Waals surface area contributed by atoms with Gasteiger partial charge in [0.15, 0.2) is 0 Å². The van der Waals surface area contributed by atoms with Crippen LogP contribution in [0.4, 0.5) is 0 Å². The van der Waals surface area contributed by atoms with Crippen molar-refractivity contribution >= 4 is 23.3 Å². The van der Waals surface area contributed by atoms with Crippen LogP contribution in [-0.4, -0.2) is 23.7 Å². The molecule has 0 radical (unpaired) electrons. The first-order valence-electron chi connectivity index (χ1n) is 6.17. The average molecular weight is 267 g/mol. The van der Waals surface area contributed by atoms with Crippen molar-refractivity contribution in [1.29, 1.82) is 0 Å². The van der Waals surface area contributed by atoms with Crippen molar-refractivity contribution in [2.24, 2.45) is 5.92 Å². The van der Waals surface area contributed by atoms with Crippen LogP contribution in [0.15, 0.2) is 18.2 Å². The lowest BCUT2D eigenvalue weighted by atomic mass is 10.0. The highest BCUT2D eigenvalue weighted by molar-refractivity contribution is 7.12. The quantitative estimate of drug-likeness (QED) is 0.778. The summed E-state index contributed by atoms with van der Waals surface area (Å²) in [6, 6.07) is 3.85. The van der Waals surface area contributed by atoms with E-state index in [-0.39, 0.29) is 18.6 Å². The highest BCUT2D eigenvalue weighted by atomic mass is 32.1. The summed E-state index contributed by atoms with van der Waals surface area (Å²) in [5.41, 5.74) is 0. The molecular weight excluding hydrogens is 246 g/mol. The van der Waals surface area contributed by atoms with Crippen LogP contribution < -0.4 is 5.32 Å². The number of aryl methyl sites for hydroxylation is 1. The Kier molecular flexibility index (Phi) is 6.09. The Morgan fingerprint density at radius 3 is 2.72 bits per heavy atom. The highest BCUT2D eigenvalue weighted by Crippen LogP contribution is 2.16. The first-order chi connectivity index (χ1) is 8.51. The number of amides is 1. The van der Waals surface area contributed by atoms with E-state index < -0.39 is 0 Å². The molecule has 4 heteroatoms. The SMILES string of the molecule is Cc1ccc(C=CC(=O)NC(CO)CC(C)C)s1. The number of carbonyl (C=O) groups is 1. The number of nitrogens with one attached hydrogen (secondary N) is 1. The fourth-order valence-electron chi connectivity index (χ4n) is 1.70. The van der Waals surface area contributed by atoms with Gasteiger partial charge in [0, 0.05) is 15.8 Å². The third-order valence-electron chi connectivity index (χ3n) is 2.48. The van der Waals surface area contributed by atoms with Crippen molar-refractivity contribution in [3.63, 3.8) is 0 Å². The molecule has 1 aromatic rings. The van der Waals surface area contributed by atoms with E-state index in [0.717, 1.165) is 11.3 Å². The molecule has 0 aliphatic rings. The summed E-state index contributed by atoms with van der Waals surface area (Å²) < 4.78 is 0. The lowest BCUT2D eigenvalue weighted by molar-refractivity contribution is -0.117. The zero-order valence-electron chi connectivity index (χ0n) is 11.1. The van der Waals surface area contributed by atoms with Gasteiger partial charge in [0.05, 0.1) is 12.6 Å². The van der Waals surface area contributed by atoms with Gasteiger partial charge in [-0.25, -0.2) is 0 Å². The Bertz CT molecular complexity index is 410. The standard InChI is InChI=1S/C14H21NO2S/c1-10(2)8-12(9-16)15-14(17)7-6-13-5-4-11(3)18-13/h4-7,10,12,16H,8-9H2,1-3H3,(H,15,17). The predicted octanol–water partition coefficient (Wildman–Crippen LogP) is 2.59. The van der Waals surface area contributed by atoms with Crippen molar-refractivity contribution in [3.05, 3.63) is 28.0 Å². The fourth-order valence-corrected chi connectivity index (χ4v) is 2.48. The molecule has 0 aliphatic heterocycles. The van der Waals surface area contributed by atoms with Gasteiger partial charge in [-0.05, 0) is 37.5 Å². The first kappa shape index (κ1) is 14.9. The van der Waals surface area contributed by atoms with Crippen LogP contribution in [0, 0.1) is 12.8 Å². The van der Waals surface area contributed by atoms with Gasteiger partial charge in [0.1, 0.15) is 0 Å². The minimum Gasteiger partial charge on any atom is -0.394 e. The van der Waals surface area contributed by atoms with Gasteiger partial charge in [-0.15, -0.1) is 11.3 Å².